The number of phenols is 1. The summed E-state index contributed by atoms with van der Waals surface area (Å²) < 4.78 is 5.31. The van der Waals surface area contributed by atoms with Crippen molar-refractivity contribution in [3.63, 3.8) is 0 Å². The minimum atomic E-state index is -1.62. The number of hydrogen-bond donors (Lipinski definition) is 2. The van der Waals surface area contributed by atoms with Gasteiger partial charge in [0, 0.05) is 0 Å². The van der Waals surface area contributed by atoms with Crippen molar-refractivity contribution in [1.82, 2.24) is 0 Å². The fourth-order valence-corrected chi connectivity index (χ4v) is 6.05. The van der Waals surface area contributed by atoms with Gasteiger partial charge in [0.1, 0.15) is 5.75 Å². The Labute approximate surface area is 140 Å². The van der Waals surface area contributed by atoms with Gasteiger partial charge in [0.25, 0.3) is 0 Å². The molecule has 1 aromatic rings. The fourth-order valence-electron chi connectivity index (χ4n) is 2.58. The van der Waals surface area contributed by atoms with Crippen LogP contribution in [-0.4, -0.2) is 25.3 Å². The molecule has 0 saturated heterocycles. The average molecular weight is 328 g/mol. The van der Waals surface area contributed by atoms with Crippen molar-refractivity contribution in [2.24, 2.45) is 0 Å². The molecular formula is C18H25BO3Si. The maximum Gasteiger partial charge on any atom is 0.552 e. The molecule has 0 aliphatic heterocycles. The molecule has 0 heterocycles. The average Bonchev–Trinajstić information content (AvgIpc) is 2.50. The minimum absolute atomic E-state index is 0.00800. The summed E-state index contributed by atoms with van der Waals surface area (Å²) in [4.78, 5) is 0. The highest BCUT2D eigenvalue weighted by atomic mass is 28.3. The molecule has 0 unspecified atom stereocenters. The van der Waals surface area contributed by atoms with E-state index in [1.54, 1.807) is 24.2 Å². The Morgan fingerprint density at radius 3 is 2.09 bits per heavy atom. The van der Waals surface area contributed by atoms with Gasteiger partial charge in [0.2, 0.25) is 0 Å². The number of allylic oxidation sites excluding steroid dienone is 4. The third-order valence-electron chi connectivity index (χ3n) is 3.70. The van der Waals surface area contributed by atoms with E-state index in [1.807, 2.05) is 24.3 Å². The highest BCUT2D eigenvalue weighted by Gasteiger charge is 2.27. The molecule has 0 atom stereocenters. The summed E-state index contributed by atoms with van der Waals surface area (Å²) in [5.41, 5.74) is 0. The van der Waals surface area contributed by atoms with Crippen LogP contribution in [0.15, 0.2) is 74.3 Å². The highest BCUT2D eigenvalue weighted by Crippen LogP contribution is 2.28. The molecule has 1 rings (SSSR count). The van der Waals surface area contributed by atoms with E-state index < -0.39 is 15.2 Å². The Balaban J connectivity index is 2.69. The van der Waals surface area contributed by atoms with Gasteiger partial charge in [-0.3, -0.25) is 0 Å². The number of rotatable bonds is 11. The third kappa shape index (κ3) is 6.34. The zero-order valence-corrected chi connectivity index (χ0v) is 14.5. The smallest absolute Gasteiger partial charge is 0.530 e. The fraction of sp³-hybridized carbons (Fsp3) is 0.222. The van der Waals surface area contributed by atoms with Crippen molar-refractivity contribution >= 4 is 15.2 Å². The Kier molecular flexibility index (Phi) is 8.23. The van der Waals surface area contributed by atoms with Crippen molar-refractivity contribution in [3.05, 3.63) is 74.3 Å². The second-order valence-electron chi connectivity index (χ2n) is 5.59. The maximum atomic E-state index is 9.95. The lowest BCUT2D eigenvalue weighted by atomic mass is 9.90. The molecule has 0 radical (unpaired) electrons. The Bertz CT molecular complexity index is 530. The van der Waals surface area contributed by atoms with E-state index >= 15 is 0 Å². The van der Waals surface area contributed by atoms with E-state index in [-0.39, 0.29) is 11.5 Å². The molecule has 0 aliphatic rings. The SMILES string of the molecule is C=CC[Si](CC=C)(CC=C)CC=CB(O)Oc1ccccc1O. The standard InChI is InChI=1S/C18H25BO3Si/c1-4-13-23(14-5-2,15-6-3)16-9-12-19(21)22-18-11-8-7-10-17(18)20/h4-12,20-21H,1-3,13-16H2. The summed E-state index contributed by atoms with van der Waals surface area (Å²) in [6, 6.07) is 10.4. The number of para-hydroxylation sites is 2. The van der Waals surface area contributed by atoms with Gasteiger partial charge in [-0.15, -0.1) is 19.7 Å². The predicted octanol–water partition coefficient (Wildman–Crippen LogP) is 4.35. The normalized spacial score (nSPS) is 11.2. The molecule has 0 bridgehead atoms. The van der Waals surface area contributed by atoms with Gasteiger partial charge < -0.3 is 14.8 Å². The van der Waals surface area contributed by atoms with Crippen LogP contribution < -0.4 is 4.65 Å². The predicted molar refractivity (Wildman–Crippen MR) is 101 cm³/mol. The van der Waals surface area contributed by atoms with E-state index in [4.69, 9.17) is 4.65 Å². The lowest BCUT2D eigenvalue weighted by molar-refractivity contribution is 0.397. The molecule has 0 saturated carbocycles. The van der Waals surface area contributed by atoms with Gasteiger partial charge in [-0.05, 0) is 42.3 Å². The Morgan fingerprint density at radius 1 is 1.00 bits per heavy atom. The van der Waals surface area contributed by atoms with Gasteiger partial charge in [0.15, 0.2) is 5.75 Å². The third-order valence-corrected chi connectivity index (χ3v) is 8.26. The summed E-state index contributed by atoms with van der Waals surface area (Å²) in [6.07, 6.45) is 7.83. The molecule has 1 aromatic carbocycles. The topological polar surface area (TPSA) is 49.7 Å². The molecule has 122 valence electrons. The number of hydrogen-bond acceptors (Lipinski definition) is 3. The van der Waals surface area contributed by atoms with Crippen molar-refractivity contribution in [1.29, 1.82) is 0 Å². The van der Waals surface area contributed by atoms with Crippen LogP contribution in [-0.2, 0) is 0 Å². The molecule has 0 aromatic heterocycles. The van der Waals surface area contributed by atoms with Gasteiger partial charge in [-0.2, -0.15) is 0 Å². The van der Waals surface area contributed by atoms with Gasteiger partial charge in [0.05, 0.1) is 8.07 Å². The van der Waals surface area contributed by atoms with Gasteiger partial charge in [-0.25, -0.2) is 0 Å². The largest absolute Gasteiger partial charge is 0.552 e. The first kappa shape index (κ1) is 19.1. The first-order valence-corrected chi connectivity index (χ1v) is 10.5. The van der Waals surface area contributed by atoms with Crippen LogP contribution in [0.25, 0.3) is 0 Å². The summed E-state index contributed by atoms with van der Waals surface area (Å²) in [5.74, 6) is 1.88. The van der Waals surface area contributed by atoms with Crippen LogP contribution in [0.4, 0.5) is 0 Å². The maximum absolute atomic E-state index is 9.95. The zero-order chi connectivity index (χ0) is 17.1. The second-order valence-corrected chi connectivity index (χ2v) is 10.2. The molecule has 0 fully saturated rings. The van der Waals surface area contributed by atoms with E-state index in [0.29, 0.717) is 0 Å². The van der Waals surface area contributed by atoms with Crippen LogP contribution in [0.2, 0.25) is 24.2 Å². The van der Waals surface area contributed by atoms with Crippen molar-refractivity contribution in [3.8, 4) is 11.5 Å². The minimum Gasteiger partial charge on any atom is -0.530 e. The molecular weight excluding hydrogens is 303 g/mol. The van der Waals surface area contributed by atoms with E-state index in [2.05, 4.69) is 19.7 Å². The van der Waals surface area contributed by atoms with Crippen molar-refractivity contribution in [2.45, 2.75) is 24.2 Å². The van der Waals surface area contributed by atoms with Crippen LogP contribution in [0.5, 0.6) is 11.5 Å². The van der Waals surface area contributed by atoms with Crippen LogP contribution in [0.1, 0.15) is 0 Å². The lowest BCUT2D eigenvalue weighted by Crippen LogP contribution is -2.31. The van der Waals surface area contributed by atoms with E-state index in [1.165, 1.54) is 6.07 Å². The summed E-state index contributed by atoms with van der Waals surface area (Å²) in [6.45, 7) is 11.6. The monoisotopic (exact) mass is 328 g/mol. The lowest BCUT2D eigenvalue weighted by Gasteiger charge is -2.27. The first-order chi connectivity index (χ1) is 11.1. The summed E-state index contributed by atoms with van der Waals surface area (Å²) >= 11 is 0. The zero-order valence-electron chi connectivity index (χ0n) is 13.5. The molecule has 3 nitrogen and oxygen atoms in total. The van der Waals surface area contributed by atoms with E-state index in [0.717, 1.165) is 24.2 Å². The molecule has 2 N–H and O–H groups in total. The number of phenolic OH excluding ortho intramolecular Hbond substituents is 1. The van der Waals surface area contributed by atoms with Gasteiger partial charge in [-0.1, -0.05) is 36.4 Å². The molecule has 5 heteroatoms. The van der Waals surface area contributed by atoms with Crippen LogP contribution in [0, 0.1) is 0 Å². The summed E-state index contributed by atoms with van der Waals surface area (Å²) in [7, 11) is -2.71. The van der Waals surface area contributed by atoms with E-state index in [9.17, 15) is 10.1 Å². The molecule has 0 spiro atoms. The molecule has 0 amide bonds. The molecule has 23 heavy (non-hydrogen) atoms. The number of aromatic hydroxyl groups is 1. The van der Waals surface area contributed by atoms with Crippen molar-refractivity contribution in [2.75, 3.05) is 0 Å². The Hall–Kier alpha value is -1.98. The first-order valence-electron chi connectivity index (χ1n) is 7.69. The highest BCUT2D eigenvalue weighted by molar-refractivity contribution is 6.81. The van der Waals surface area contributed by atoms with Crippen LogP contribution >= 0.6 is 0 Å². The van der Waals surface area contributed by atoms with Gasteiger partial charge >= 0.3 is 7.12 Å². The summed E-state index contributed by atoms with van der Waals surface area (Å²) in [5, 5.41) is 19.6. The molecule has 0 aliphatic carbocycles. The quantitative estimate of drug-likeness (QED) is 0.469. The van der Waals surface area contributed by atoms with Crippen LogP contribution in [0.3, 0.4) is 0 Å². The van der Waals surface area contributed by atoms with Crippen molar-refractivity contribution < 1.29 is 14.8 Å². The Morgan fingerprint density at radius 2 is 1.57 bits per heavy atom. The second kappa shape index (κ2) is 9.92. The number of benzene rings is 1.